The second kappa shape index (κ2) is 9.05. The van der Waals surface area contributed by atoms with Gasteiger partial charge >= 0.3 is 5.97 Å². The van der Waals surface area contributed by atoms with Crippen LogP contribution in [0.4, 0.5) is 17.1 Å². The van der Waals surface area contributed by atoms with Gasteiger partial charge in [0.25, 0.3) is 11.4 Å². The van der Waals surface area contributed by atoms with E-state index in [9.17, 15) is 25.0 Å². The van der Waals surface area contributed by atoms with E-state index in [-0.39, 0.29) is 11.3 Å². The maximum absolute atomic E-state index is 12.3. The van der Waals surface area contributed by atoms with Gasteiger partial charge in [-0.05, 0) is 57.9 Å². The quantitative estimate of drug-likeness (QED) is 0.160. The van der Waals surface area contributed by atoms with Crippen LogP contribution < -0.4 is 4.74 Å². The zero-order valence-corrected chi connectivity index (χ0v) is 16.7. The Morgan fingerprint density at radius 1 is 0.933 bits per heavy atom. The predicted octanol–water partition coefficient (Wildman–Crippen LogP) is 5.24. The van der Waals surface area contributed by atoms with E-state index in [0.717, 1.165) is 33.9 Å². The number of aliphatic imine (C=N–C) groups is 1. The Kier molecular flexibility index (Phi) is 6.28. The summed E-state index contributed by atoms with van der Waals surface area (Å²) >= 11 is 3.40. The Morgan fingerprint density at radius 3 is 2.10 bits per heavy atom. The van der Waals surface area contributed by atoms with Crippen LogP contribution in [0, 0.1) is 20.2 Å². The van der Waals surface area contributed by atoms with E-state index in [1.54, 1.807) is 18.3 Å². The smallest absolute Gasteiger partial charge is 0.344 e. The van der Waals surface area contributed by atoms with Crippen molar-refractivity contribution in [2.45, 2.75) is 0 Å². The minimum absolute atomic E-state index is 0.173. The summed E-state index contributed by atoms with van der Waals surface area (Å²) < 4.78 is 6.02. The number of esters is 1. The number of rotatable bonds is 6. The highest BCUT2D eigenvalue weighted by molar-refractivity contribution is 9.10. The fraction of sp³-hybridized carbons (Fsp3) is 0. The van der Waals surface area contributed by atoms with Gasteiger partial charge in [-0.3, -0.25) is 25.2 Å². The number of non-ortho nitro benzene ring substituents is 2. The molecule has 0 aromatic heterocycles. The van der Waals surface area contributed by atoms with Crippen LogP contribution in [-0.2, 0) is 0 Å². The summed E-state index contributed by atoms with van der Waals surface area (Å²) in [4.78, 5) is 36.9. The summed E-state index contributed by atoms with van der Waals surface area (Å²) in [5.74, 6) is -0.774. The van der Waals surface area contributed by atoms with Gasteiger partial charge in [-0.1, -0.05) is 12.1 Å². The molecule has 0 amide bonds. The fourth-order valence-electron chi connectivity index (χ4n) is 2.41. The third-order valence-electron chi connectivity index (χ3n) is 3.86. The lowest BCUT2D eigenvalue weighted by Crippen LogP contribution is -2.09. The third kappa shape index (κ3) is 5.11. The summed E-state index contributed by atoms with van der Waals surface area (Å²) in [5, 5.41) is 21.9. The van der Waals surface area contributed by atoms with E-state index in [1.165, 1.54) is 12.1 Å². The first-order valence-electron chi connectivity index (χ1n) is 8.38. The minimum atomic E-state index is -0.948. The SMILES string of the molecule is O=C(Oc1ccc(C=Nc2ccccc2Br)cc1)c1cc([N+](=O)[O-])cc([N+](=O)[O-])c1. The van der Waals surface area contributed by atoms with E-state index in [0.29, 0.717) is 0 Å². The van der Waals surface area contributed by atoms with Gasteiger partial charge in [0.1, 0.15) is 5.75 Å². The molecule has 0 aliphatic rings. The number of nitro benzene ring substituents is 2. The van der Waals surface area contributed by atoms with Crippen LogP contribution in [0.5, 0.6) is 5.75 Å². The zero-order valence-electron chi connectivity index (χ0n) is 15.1. The minimum Gasteiger partial charge on any atom is -0.423 e. The van der Waals surface area contributed by atoms with Crippen molar-refractivity contribution in [3.05, 3.63) is 103 Å². The first kappa shape index (κ1) is 20.8. The maximum Gasteiger partial charge on any atom is 0.344 e. The number of para-hydroxylation sites is 1. The molecule has 30 heavy (non-hydrogen) atoms. The molecule has 0 saturated heterocycles. The highest BCUT2D eigenvalue weighted by atomic mass is 79.9. The van der Waals surface area contributed by atoms with Crippen LogP contribution in [0.1, 0.15) is 15.9 Å². The lowest BCUT2D eigenvalue weighted by atomic mass is 10.1. The lowest BCUT2D eigenvalue weighted by Gasteiger charge is -2.05. The molecule has 0 radical (unpaired) electrons. The van der Waals surface area contributed by atoms with E-state index in [2.05, 4.69) is 20.9 Å². The Bertz CT molecular complexity index is 1130. The average molecular weight is 470 g/mol. The first-order chi connectivity index (χ1) is 14.3. The molecule has 0 N–H and O–H groups in total. The predicted molar refractivity (Wildman–Crippen MR) is 113 cm³/mol. The Hall–Kier alpha value is -3.92. The Morgan fingerprint density at radius 2 is 1.53 bits per heavy atom. The molecule has 0 bridgehead atoms. The monoisotopic (exact) mass is 469 g/mol. The summed E-state index contributed by atoms with van der Waals surface area (Å²) in [6.45, 7) is 0. The molecular formula is C20H12BrN3O6. The van der Waals surface area contributed by atoms with Gasteiger partial charge in [0.05, 0.1) is 27.2 Å². The summed E-state index contributed by atoms with van der Waals surface area (Å²) in [7, 11) is 0. The van der Waals surface area contributed by atoms with Crippen LogP contribution in [-0.4, -0.2) is 22.0 Å². The van der Waals surface area contributed by atoms with Gasteiger partial charge in [0.2, 0.25) is 0 Å². The van der Waals surface area contributed by atoms with Crippen LogP contribution >= 0.6 is 15.9 Å². The van der Waals surface area contributed by atoms with Crippen LogP contribution in [0.25, 0.3) is 0 Å². The summed E-state index contributed by atoms with van der Waals surface area (Å²) in [6.07, 6.45) is 1.63. The van der Waals surface area contributed by atoms with Crippen molar-refractivity contribution in [3.63, 3.8) is 0 Å². The molecule has 0 aliphatic heterocycles. The van der Waals surface area contributed by atoms with Crippen LogP contribution in [0.2, 0.25) is 0 Å². The molecular weight excluding hydrogens is 458 g/mol. The molecule has 0 heterocycles. The molecule has 150 valence electrons. The average Bonchev–Trinajstić information content (AvgIpc) is 2.73. The molecule has 3 aromatic rings. The summed E-state index contributed by atoms with van der Waals surface area (Å²) in [5.41, 5.74) is 0.0526. The van der Waals surface area contributed by atoms with Crippen molar-refractivity contribution in [3.8, 4) is 5.75 Å². The number of carbonyl (C=O) groups excluding carboxylic acids is 1. The van der Waals surface area contributed by atoms with Gasteiger partial charge in [-0.15, -0.1) is 0 Å². The standard InChI is InChI=1S/C20H12BrN3O6/c21-18-3-1-2-4-19(18)22-12-13-5-7-17(8-6-13)30-20(25)14-9-15(23(26)27)11-16(10-14)24(28)29/h1-12H. The van der Waals surface area contributed by atoms with Gasteiger partial charge in [0, 0.05) is 22.8 Å². The van der Waals surface area contributed by atoms with E-state index < -0.39 is 27.2 Å². The molecule has 10 heteroatoms. The van der Waals surface area contributed by atoms with Crippen LogP contribution in [0.15, 0.2) is 76.2 Å². The van der Waals surface area contributed by atoms with Gasteiger partial charge in [-0.2, -0.15) is 0 Å². The number of carbonyl (C=O) groups is 1. The van der Waals surface area contributed by atoms with Gasteiger partial charge in [0.15, 0.2) is 0 Å². The zero-order chi connectivity index (χ0) is 21.7. The van der Waals surface area contributed by atoms with Crippen molar-refractivity contribution in [1.29, 1.82) is 0 Å². The van der Waals surface area contributed by atoms with E-state index in [1.807, 2.05) is 24.3 Å². The molecule has 0 atom stereocenters. The van der Waals surface area contributed by atoms with Crippen molar-refractivity contribution in [2.75, 3.05) is 0 Å². The van der Waals surface area contributed by atoms with Crippen LogP contribution in [0.3, 0.4) is 0 Å². The number of hydrogen-bond donors (Lipinski definition) is 0. The Labute approximate surface area is 178 Å². The largest absolute Gasteiger partial charge is 0.423 e. The third-order valence-corrected chi connectivity index (χ3v) is 4.53. The summed E-state index contributed by atoms with van der Waals surface area (Å²) in [6, 6.07) is 16.4. The molecule has 3 aromatic carbocycles. The van der Waals surface area contributed by atoms with Crippen molar-refractivity contribution >= 4 is 45.2 Å². The maximum atomic E-state index is 12.3. The number of benzene rings is 3. The van der Waals surface area contributed by atoms with Gasteiger partial charge in [-0.25, -0.2) is 4.79 Å². The highest BCUT2D eigenvalue weighted by Crippen LogP contribution is 2.25. The van der Waals surface area contributed by atoms with Crippen molar-refractivity contribution < 1.29 is 19.4 Å². The number of halogens is 1. The first-order valence-corrected chi connectivity index (χ1v) is 9.17. The second-order valence-corrected chi connectivity index (χ2v) is 6.77. The van der Waals surface area contributed by atoms with Crippen molar-refractivity contribution in [2.24, 2.45) is 4.99 Å². The number of nitro groups is 2. The van der Waals surface area contributed by atoms with E-state index >= 15 is 0 Å². The second-order valence-electron chi connectivity index (χ2n) is 5.92. The number of nitrogens with zero attached hydrogens (tertiary/aromatic N) is 3. The molecule has 3 rings (SSSR count). The Balaban J connectivity index is 1.75. The molecule has 0 saturated carbocycles. The van der Waals surface area contributed by atoms with Crippen molar-refractivity contribution in [1.82, 2.24) is 0 Å². The van der Waals surface area contributed by atoms with Gasteiger partial charge < -0.3 is 4.74 Å². The molecule has 9 nitrogen and oxygen atoms in total. The number of ether oxygens (including phenoxy) is 1. The highest BCUT2D eigenvalue weighted by Gasteiger charge is 2.21. The topological polar surface area (TPSA) is 125 Å². The molecule has 0 aliphatic carbocycles. The number of hydrogen-bond acceptors (Lipinski definition) is 7. The normalized spacial score (nSPS) is 10.7. The molecule has 0 fully saturated rings. The van der Waals surface area contributed by atoms with E-state index in [4.69, 9.17) is 4.74 Å². The molecule has 0 unspecified atom stereocenters. The lowest BCUT2D eigenvalue weighted by molar-refractivity contribution is -0.394. The fourth-order valence-corrected chi connectivity index (χ4v) is 2.80. The molecule has 0 spiro atoms.